The first kappa shape index (κ1) is 17.2. The molecule has 0 unspecified atom stereocenters. The van der Waals surface area contributed by atoms with E-state index in [1.165, 1.54) is 10.4 Å². The first-order chi connectivity index (χ1) is 10.4. The van der Waals surface area contributed by atoms with Crippen LogP contribution < -0.4 is 0 Å². The van der Waals surface area contributed by atoms with Gasteiger partial charge >= 0.3 is 5.97 Å². The second-order valence-corrected chi connectivity index (χ2v) is 7.69. The van der Waals surface area contributed by atoms with E-state index < -0.39 is 10.0 Å². The van der Waals surface area contributed by atoms with E-state index >= 15 is 0 Å². The summed E-state index contributed by atoms with van der Waals surface area (Å²) in [7, 11) is -3.57. The predicted octanol–water partition coefficient (Wildman–Crippen LogP) is 2.61. The number of carbonyl (C=O) groups excluding carboxylic acids is 1. The van der Waals surface area contributed by atoms with Crippen molar-refractivity contribution >= 4 is 27.6 Å². The van der Waals surface area contributed by atoms with E-state index in [0.29, 0.717) is 37.6 Å². The molecule has 5 nitrogen and oxygen atoms in total. The SMILES string of the molecule is CCOC(=O)C1CCN(S(=O)(=O)c2ccc(C)c(Cl)c2)CC1. The van der Waals surface area contributed by atoms with Crippen molar-refractivity contribution in [2.75, 3.05) is 19.7 Å². The van der Waals surface area contributed by atoms with Gasteiger partial charge in [-0.25, -0.2) is 8.42 Å². The molecule has 0 atom stereocenters. The number of sulfonamides is 1. The Morgan fingerprint density at radius 1 is 1.36 bits per heavy atom. The van der Waals surface area contributed by atoms with E-state index in [-0.39, 0.29) is 16.8 Å². The summed E-state index contributed by atoms with van der Waals surface area (Å²) in [4.78, 5) is 11.9. The molecule has 122 valence electrons. The molecule has 1 aromatic rings. The fraction of sp³-hybridized carbons (Fsp3) is 0.533. The Labute approximate surface area is 136 Å². The summed E-state index contributed by atoms with van der Waals surface area (Å²) in [6.45, 7) is 4.57. The van der Waals surface area contributed by atoms with Crippen LogP contribution in [0, 0.1) is 12.8 Å². The monoisotopic (exact) mass is 345 g/mol. The minimum Gasteiger partial charge on any atom is -0.466 e. The van der Waals surface area contributed by atoms with Crippen LogP contribution in [-0.4, -0.2) is 38.4 Å². The molecule has 22 heavy (non-hydrogen) atoms. The molecule has 0 spiro atoms. The first-order valence-corrected chi connectivity index (χ1v) is 9.11. The number of ether oxygens (including phenoxy) is 1. The Kier molecular flexibility index (Phi) is 5.47. The maximum Gasteiger partial charge on any atom is 0.309 e. The molecule has 0 bridgehead atoms. The van der Waals surface area contributed by atoms with Crippen molar-refractivity contribution < 1.29 is 17.9 Å². The Morgan fingerprint density at radius 2 is 2.00 bits per heavy atom. The van der Waals surface area contributed by atoms with Gasteiger partial charge in [-0.15, -0.1) is 0 Å². The lowest BCUT2D eigenvalue weighted by molar-refractivity contribution is -0.149. The van der Waals surface area contributed by atoms with Gasteiger partial charge in [0, 0.05) is 18.1 Å². The molecule has 2 rings (SSSR count). The van der Waals surface area contributed by atoms with Gasteiger partial charge in [0.05, 0.1) is 17.4 Å². The number of rotatable bonds is 4. The summed E-state index contributed by atoms with van der Waals surface area (Å²) in [5, 5.41) is 0.433. The van der Waals surface area contributed by atoms with Crippen LogP contribution in [0.4, 0.5) is 0 Å². The molecule has 0 radical (unpaired) electrons. The van der Waals surface area contributed by atoms with Gasteiger partial charge in [-0.2, -0.15) is 4.31 Å². The zero-order valence-corrected chi connectivity index (χ0v) is 14.3. The molecule has 0 saturated carbocycles. The third-order valence-corrected chi connectivity index (χ3v) is 6.16. The molecule has 1 aliphatic rings. The fourth-order valence-corrected chi connectivity index (χ4v) is 4.22. The smallest absolute Gasteiger partial charge is 0.309 e. The summed E-state index contributed by atoms with van der Waals surface area (Å²) < 4.78 is 31.6. The average Bonchev–Trinajstić information content (AvgIpc) is 2.50. The molecule has 0 amide bonds. The number of nitrogens with zero attached hydrogens (tertiary/aromatic N) is 1. The lowest BCUT2D eigenvalue weighted by Crippen LogP contribution is -2.40. The lowest BCUT2D eigenvalue weighted by atomic mass is 9.98. The molecule has 1 saturated heterocycles. The van der Waals surface area contributed by atoms with Crippen LogP contribution in [0.5, 0.6) is 0 Å². The van der Waals surface area contributed by atoms with Crippen molar-refractivity contribution in [2.45, 2.75) is 31.6 Å². The fourth-order valence-electron chi connectivity index (χ4n) is 2.48. The van der Waals surface area contributed by atoms with Gasteiger partial charge in [-0.3, -0.25) is 4.79 Å². The van der Waals surface area contributed by atoms with Gasteiger partial charge < -0.3 is 4.74 Å². The number of piperidine rings is 1. The minimum absolute atomic E-state index is 0.192. The highest BCUT2D eigenvalue weighted by molar-refractivity contribution is 7.89. The first-order valence-electron chi connectivity index (χ1n) is 7.29. The van der Waals surface area contributed by atoms with Gasteiger partial charge in [0.2, 0.25) is 10.0 Å². The summed E-state index contributed by atoms with van der Waals surface area (Å²) in [6.07, 6.45) is 0.968. The van der Waals surface area contributed by atoms with Crippen molar-refractivity contribution in [2.24, 2.45) is 5.92 Å². The van der Waals surface area contributed by atoms with E-state index in [4.69, 9.17) is 16.3 Å². The number of carbonyl (C=O) groups is 1. The number of hydrogen-bond acceptors (Lipinski definition) is 4. The number of halogens is 1. The maximum atomic E-state index is 12.6. The third kappa shape index (κ3) is 3.62. The van der Waals surface area contributed by atoms with Crippen molar-refractivity contribution in [1.82, 2.24) is 4.31 Å². The number of esters is 1. The van der Waals surface area contributed by atoms with Gasteiger partial charge in [-0.05, 0) is 44.4 Å². The van der Waals surface area contributed by atoms with E-state index in [2.05, 4.69) is 0 Å². The quantitative estimate of drug-likeness (QED) is 0.787. The highest BCUT2D eigenvalue weighted by Crippen LogP contribution is 2.27. The normalized spacial score (nSPS) is 17.4. The topological polar surface area (TPSA) is 63.7 Å². The Balaban J connectivity index is 2.09. The molecule has 1 aromatic carbocycles. The third-order valence-electron chi connectivity index (χ3n) is 3.85. The van der Waals surface area contributed by atoms with E-state index in [1.807, 2.05) is 6.92 Å². The largest absolute Gasteiger partial charge is 0.466 e. The Bertz CT molecular complexity index is 652. The maximum absolute atomic E-state index is 12.6. The second-order valence-electron chi connectivity index (χ2n) is 5.34. The summed E-state index contributed by atoms with van der Waals surface area (Å²) in [5.41, 5.74) is 0.835. The molecular formula is C15H20ClNO4S. The highest BCUT2D eigenvalue weighted by atomic mass is 35.5. The summed E-state index contributed by atoms with van der Waals surface area (Å²) in [5.74, 6) is -0.453. The average molecular weight is 346 g/mol. The molecule has 0 N–H and O–H groups in total. The van der Waals surface area contributed by atoms with E-state index in [0.717, 1.165) is 5.56 Å². The number of hydrogen-bond donors (Lipinski definition) is 0. The van der Waals surface area contributed by atoms with Gasteiger partial charge in [-0.1, -0.05) is 17.7 Å². The van der Waals surface area contributed by atoms with Crippen LogP contribution in [0.25, 0.3) is 0 Å². The van der Waals surface area contributed by atoms with Crippen molar-refractivity contribution in [3.8, 4) is 0 Å². The van der Waals surface area contributed by atoms with Crippen LogP contribution in [0.3, 0.4) is 0 Å². The van der Waals surface area contributed by atoms with Gasteiger partial charge in [0.25, 0.3) is 0 Å². The van der Waals surface area contributed by atoms with Crippen LogP contribution in [-0.2, 0) is 19.6 Å². The number of benzene rings is 1. The zero-order valence-electron chi connectivity index (χ0n) is 12.7. The van der Waals surface area contributed by atoms with E-state index in [1.54, 1.807) is 19.1 Å². The molecule has 1 heterocycles. The Hall–Kier alpha value is -1.11. The van der Waals surface area contributed by atoms with Crippen LogP contribution in [0.15, 0.2) is 23.1 Å². The van der Waals surface area contributed by atoms with Crippen molar-refractivity contribution in [3.05, 3.63) is 28.8 Å². The van der Waals surface area contributed by atoms with E-state index in [9.17, 15) is 13.2 Å². The molecule has 7 heteroatoms. The summed E-state index contributed by atoms with van der Waals surface area (Å²) >= 11 is 6.01. The van der Waals surface area contributed by atoms with Gasteiger partial charge in [0.15, 0.2) is 0 Å². The number of aryl methyl sites for hydroxylation is 1. The van der Waals surface area contributed by atoms with Crippen molar-refractivity contribution in [3.63, 3.8) is 0 Å². The van der Waals surface area contributed by atoms with Gasteiger partial charge in [0.1, 0.15) is 0 Å². The second kappa shape index (κ2) is 6.98. The lowest BCUT2D eigenvalue weighted by Gasteiger charge is -2.30. The van der Waals surface area contributed by atoms with Crippen LogP contribution >= 0.6 is 11.6 Å². The standard InChI is InChI=1S/C15H20ClNO4S/c1-3-21-15(18)12-6-8-17(9-7-12)22(19,20)13-5-4-11(2)14(16)10-13/h4-5,10,12H,3,6-9H2,1-2H3. The van der Waals surface area contributed by atoms with Crippen molar-refractivity contribution in [1.29, 1.82) is 0 Å². The molecule has 1 fully saturated rings. The molecule has 0 aromatic heterocycles. The zero-order chi connectivity index (χ0) is 16.3. The highest BCUT2D eigenvalue weighted by Gasteiger charge is 2.32. The molecule has 1 aliphatic heterocycles. The minimum atomic E-state index is -3.57. The predicted molar refractivity (Wildman–Crippen MR) is 84.3 cm³/mol. The Morgan fingerprint density at radius 3 is 2.55 bits per heavy atom. The van der Waals surface area contributed by atoms with Crippen LogP contribution in [0.1, 0.15) is 25.3 Å². The molecular weight excluding hydrogens is 326 g/mol. The van der Waals surface area contributed by atoms with Crippen LogP contribution in [0.2, 0.25) is 5.02 Å². The molecule has 0 aliphatic carbocycles. The summed E-state index contributed by atoms with van der Waals surface area (Å²) in [6, 6.07) is 4.73.